The molecule has 1 aliphatic rings. The first-order valence-electron chi connectivity index (χ1n) is 8.00. The quantitative estimate of drug-likeness (QED) is 0.604. The Morgan fingerprint density at radius 2 is 1.89 bits per heavy atom. The zero-order valence-electron chi connectivity index (χ0n) is 13.8. The van der Waals surface area contributed by atoms with Crippen molar-refractivity contribution >= 4 is 50.1 Å². The molecule has 1 aliphatic heterocycles. The average Bonchev–Trinajstić information content (AvgIpc) is 3.21. The van der Waals surface area contributed by atoms with Crippen LogP contribution in [0.1, 0.15) is 26.3 Å². The molecule has 0 radical (unpaired) electrons. The van der Waals surface area contributed by atoms with Crippen LogP contribution in [0.15, 0.2) is 52.3 Å². The summed E-state index contributed by atoms with van der Waals surface area (Å²) in [5.41, 5.74) is 2.81. The summed E-state index contributed by atoms with van der Waals surface area (Å²) in [5, 5.41) is 7.34. The van der Waals surface area contributed by atoms with Gasteiger partial charge in [0.1, 0.15) is 0 Å². The molecule has 4 rings (SSSR count). The zero-order chi connectivity index (χ0) is 19.0. The smallest absolute Gasteiger partial charge is 0.259 e. The second-order valence-corrected chi connectivity index (χ2v) is 7.67. The number of carbonyl (C=O) groups is 3. The minimum absolute atomic E-state index is 0.0168. The van der Waals surface area contributed by atoms with Gasteiger partial charge >= 0.3 is 0 Å². The van der Waals surface area contributed by atoms with Gasteiger partial charge in [0.25, 0.3) is 11.8 Å². The van der Waals surface area contributed by atoms with E-state index >= 15 is 0 Å². The Labute approximate surface area is 166 Å². The number of imide groups is 1. The number of fused-ring (bicyclic) bond motifs is 1. The molecule has 6 nitrogen and oxygen atoms in total. The molecule has 0 spiro atoms. The predicted octanol–water partition coefficient (Wildman–Crippen LogP) is 3.64. The SMILES string of the molecule is O=C(Cc1cccc2c1C(=O)NC2=O)Nc1nc(-c2ccc(Br)cc2)cs1. The van der Waals surface area contributed by atoms with Crippen molar-refractivity contribution in [1.82, 2.24) is 10.3 Å². The molecule has 3 aromatic rings. The van der Waals surface area contributed by atoms with Crippen molar-refractivity contribution in [2.24, 2.45) is 0 Å². The standard InChI is InChI=1S/C19H12BrN3O3S/c20-12-6-4-10(5-7-12)14-9-27-19(21-14)22-15(24)8-11-2-1-3-13-16(11)18(26)23-17(13)25/h1-7,9H,8H2,(H,21,22,24)(H,23,25,26). The molecule has 2 aromatic carbocycles. The van der Waals surface area contributed by atoms with Crippen molar-refractivity contribution in [3.8, 4) is 11.3 Å². The third-order valence-corrected chi connectivity index (χ3v) is 5.38. The lowest BCUT2D eigenvalue weighted by atomic mass is 10.00. The lowest BCUT2D eigenvalue weighted by Gasteiger charge is -2.05. The summed E-state index contributed by atoms with van der Waals surface area (Å²) in [6.07, 6.45) is -0.0168. The van der Waals surface area contributed by atoms with Crippen LogP contribution in [0.2, 0.25) is 0 Å². The molecule has 0 saturated carbocycles. The number of halogens is 1. The fraction of sp³-hybridized carbons (Fsp3) is 0.0526. The van der Waals surface area contributed by atoms with Crippen molar-refractivity contribution < 1.29 is 14.4 Å². The van der Waals surface area contributed by atoms with Crippen LogP contribution in [0.3, 0.4) is 0 Å². The van der Waals surface area contributed by atoms with Gasteiger partial charge in [-0.25, -0.2) is 4.98 Å². The fourth-order valence-electron chi connectivity index (χ4n) is 2.86. The highest BCUT2D eigenvalue weighted by Gasteiger charge is 2.29. The largest absolute Gasteiger partial charge is 0.302 e. The molecular formula is C19H12BrN3O3S. The third-order valence-electron chi connectivity index (χ3n) is 4.09. The van der Waals surface area contributed by atoms with Crippen molar-refractivity contribution in [3.63, 3.8) is 0 Å². The third kappa shape index (κ3) is 3.54. The first-order valence-corrected chi connectivity index (χ1v) is 9.67. The molecular weight excluding hydrogens is 430 g/mol. The monoisotopic (exact) mass is 441 g/mol. The van der Waals surface area contributed by atoms with Crippen LogP contribution in [-0.4, -0.2) is 22.7 Å². The Balaban J connectivity index is 1.49. The molecule has 2 N–H and O–H groups in total. The lowest BCUT2D eigenvalue weighted by Crippen LogP contribution is -2.21. The molecule has 134 valence electrons. The minimum atomic E-state index is -0.467. The summed E-state index contributed by atoms with van der Waals surface area (Å²) in [6, 6.07) is 12.6. The van der Waals surface area contributed by atoms with Crippen molar-refractivity contribution in [2.45, 2.75) is 6.42 Å². The molecule has 0 unspecified atom stereocenters. The first-order chi connectivity index (χ1) is 13.0. The molecule has 0 fully saturated rings. The summed E-state index contributed by atoms with van der Waals surface area (Å²) in [5.74, 6) is -1.20. The molecule has 0 aliphatic carbocycles. The number of carbonyl (C=O) groups excluding carboxylic acids is 3. The van der Waals surface area contributed by atoms with E-state index in [1.54, 1.807) is 18.2 Å². The second-order valence-electron chi connectivity index (χ2n) is 5.89. The molecule has 27 heavy (non-hydrogen) atoms. The minimum Gasteiger partial charge on any atom is -0.302 e. The number of hydrogen-bond donors (Lipinski definition) is 2. The van der Waals surface area contributed by atoms with E-state index in [0.717, 1.165) is 15.7 Å². The Morgan fingerprint density at radius 3 is 2.67 bits per heavy atom. The van der Waals surface area contributed by atoms with Crippen LogP contribution in [-0.2, 0) is 11.2 Å². The normalized spacial score (nSPS) is 12.6. The molecule has 0 saturated heterocycles. The number of amides is 3. The maximum atomic E-state index is 12.4. The average molecular weight is 442 g/mol. The topological polar surface area (TPSA) is 88.2 Å². The number of rotatable bonds is 4. The van der Waals surface area contributed by atoms with E-state index < -0.39 is 11.8 Å². The van der Waals surface area contributed by atoms with Crippen LogP contribution >= 0.6 is 27.3 Å². The highest BCUT2D eigenvalue weighted by molar-refractivity contribution is 9.10. The van der Waals surface area contributed by atoms with E-state index in [1.165, 1.54) is 11.3 Å². The second kappa shape index (κ2) is 7.05. The molecule has 8 heteroatoms. The number of nitrogens with zero attached hydrogens (tertiary/aromatic N) is 1. The molecule has 3 amide bonds. The van der Waals surface area contributed by atoms with Gasteiger partial charge in [-0.05, 0) is 23.8 Å². The van der Waals surface area contributed by atoms with Gasteiger partial charge in [-0.2, -0.15) is 0 Å². The number of hydrogen-bond acceptors (Lipinski definition) is 5. The Bertz CT molecular complexity index is 1080. The van der Waals surface area contributed by atoms with E-state index in [4.69, 9.17) is 0 Å². The highest BCUT2D eigenvalue weighted by Crippen LogP contribution is 2.26. The first kappa shape index (κ1) is 17.6. The van der Waals surface area contributed by atoms with Crippen LogP contribution in [0.25, 0.3) is 11.3 Å². The zero-order valence-corrected chi connectivity index (χ0v) is 16.2. The van der Waals surface area contributed by atoms with E-state index in [-0.39, 0.29) is 17.9 Å². The van der Waals surface area contributed by atoms with Gasteiger partial charge < -0.3 is 5.32 Å². The molecule has 0 bridgehead atoms. The summed E-state index contributed by atoms with van der Waals surface area (Å²) >= 11 is 4.72. The van der Waals surface area contributed by atoms with Crippen LogP contribution in [0.5, 0.6) is 0 Å². The van der Waals surface area contributed by atoms with E-state index in [1.807, 2.05) is 29.6 Å². The van der Waals surface area contributed by atoms with E-state index in [0.29, 0.717) is 16.3 Å². The Hall–Kier alpha value is -2.84. The van der Waals surface area contributed by atoms with Crippen molar-refractivity contribution in [1.29, 1.82) is 0 Å². The summed E-state index contributed by atoms with van der Waals surface area (Å²) in [4.78, 5) is 40.5. The predicted molar refractivity (Wildman–Crippen MR) is 106 cm³/mol. The molecule has 0 atom stereocenters. The van der Waals surface area contributed by atoms with Crippen LogP contribution < -0.4 is 10.6 Å². The summed E-state index contributed by atoms with van der Waals surface area (Å²) in [7, 11) is 0. The number of nitrogens with one attached hydrogen (secondary N) is 2. The molecule has 2 heterocycles. The van der Waals surface area contributed by atoms with E-state index in [9.17, 15) is 14.4 Å². The van der Waals surface area contributed by atoms with Gasteiger partial charge in [-0.15, -0.1) is 11.3 Å². The summed E-state index contributed by atoms with van der Waals surface area (Å²) < 4.78 is 0.980. The number of anilines is 1. The Morgan fingerprint density at radius 1 is 1.11 bits per heavy atom. The van der Waals surface area contributed by atoms with E-state index in [2.05, 4.69) is 31.5 Å². The van der Waals surface area contributed by atoms with Gasteiger partial charge in [-0.1, -0.05) is 40.2 Å². The fourth-order valence-corrected chi connectivity index (χ4v) is 3.86. The maximum absolute atomic E-state index is 12.4. The van der Waals surface area contributed by atoms with Gasteiger partial charge in [0.2, 0.25) is 5.91 Å². The number of aromatic nitrogens is 1. The highest BCUT2D eigenvalue weighted by atomic mass is 79.9. The van der Waals surface area contributed by atoms with Gasteiger partial charge in [0.05, 0.1) is 23.2 Å². The van der Waals surface area contributed by atoms with Crippen molar-refractivity contribution in [3.05, 3.63) is 69.0 Å². The van der Waals surface area contributed by atoms with Gasteiger partial charge in [0.15, 0.2) is 5.13 Å². The van der Waals surface area contributed by atoms with Gasteiger partial charge in [0, 0.05) is 15.4 Å². The number of benzene rings is 2. The van der Waals surface area contributed by atoms with Crippen molar-refractivity contribution in [2.75, 3.05) is 5.32 Å². The van der Waals surface area contributed by atoms with Crippen LogP contribution in [0, 0.1) is 0 Å². The van der Waals surface area contributed by atoms with Gasteiger partial charge in [-0.3, -0.25) is 19.7 Å². The maximum Gasteiger partial charge on any atom is 0.259 e. The summed E-state index contributed by atoms with van der Waals surface area (Å²) in [6.45, 7) is 0. The lowest BCUT2D eigenvalue weighted by molar-refractivity contribution is -0.115. The number of thiazole rings is 1. The van der Waals surface area contributed by atoms with Crippen LogP contribution in [0.4, 0.5) is 5.13 Å². The molecule has 1 aromatic heterocycles. The Kier molecular flexibility index (Phi) is 4.59.